The zero-order valence-corrected chi connectivity index (χ0v) is 13.1. The van der Waals surface area contributed by atoms with E-state index in [0.717, 1.165) is 6.42 Å². The van der Waals surface area contributed by atoms with Crippen molar-refractivity contribution in [2.24, 2.45) is 5.73 Å². The summed E-state index contributed by atoms with van der Waals surface area (Å²) in [6, 6.07) is 5.40. The number of methoxy groups -OCH3 is 1. The molecule has 0 fully saturated rings. The van der Waals surface area contributed by atoms with Crippen molar-refractivity contribution in [1.29, 1.82) is 0 Å². The van der Waals surface area contributed by atoms with E-state index in [1.807, 2.05) is 26.8 Å². The van der Waals surface area contributed by atoms with E-state index in [1.54, 1.807) is 12.1 Å². The molecule has 5 nitrogen and oxygen atoms in total. The second-order valence-electron chi connectivity index (χ2n) is 6.01. The lowest BCUT2D eigenvalue weighted by Gasteiger charge is -2.42. The van der Waals surface area contributed by atoms with Crippen molar-refractivity contribution in [2.45, 2.75) is 44.8 Å². The predicted molar refractivity (Wildman–Crippen MR) is 79.4 cm³/mol. The normalized spacial score (nSPS) is 22.9. The van der Waals surface area contributed by atoms with Crippen molar-refractivity contribution in [3.8, 4) is 11.5 Å². The number of fused-ring (bicyclic) bond motifs is 1. The van der Waals surface area contributed by atoms with Crippen LogP contribution in [0, 0.1) is 0 Å². The Morgan fingerprint density at radius 3 is 2.76 bits per heavy atom. The van der Waals surface area contributed by atoms with Crippen molar-refractivity contribution < 1.29 is 19.0 Å². The highest BCUT2D eigenvalue weighted by Crippen LogP contribution is 2.44. The van der Waals surface area contributed by atoms with Gasteiger partial charge in [-0.2, -0.15) is 0 Å². The summed E-state index contributed by atoms with van der Waals surface area (Å²) < 4.78 is 16.4. The number of carbonyl (C=O) groups excluding carboxylic acids is 1. The maximum atomic E-state index is 12.2. The van der Waals surface area contributed by atoms with Crippen LogP contribution in [0.15, 0.2) is 18.2 Å². The highest BCUT2D eigenvalue weighted by molar-refractivity contribution is 5.84. The van der Waals surface area contributed by atoms with Crippen LogP contribution in [0.2, 0.25) is 0 Å². The zero-order chi connectivity index (χ0) is 15.7. The van der Waals surface area contributed by atoms with Crippen LogP contribution in [-0.2, 0) is 15.1 Å². The topological polar surface area (TPSA) is 70.8 Å². The molecule has 0 saturated heterocycles. The summed E-state index contributed by atoms with van der Waals surface area (Å²) in [5.74, 6) is 0.813. The highest BCUT2D eigenvalue weighted by Gasteiger charge is 2.48. The van der Waals surface area contributed by atoms with Gasteiger partial charge in [-0.05, 0) is 38.5 Å². The van der Waals surface area contributed by atoms with Gasteiger partial charge in [0.05, 0.1) is 13.7 Å². The number of hydrogen-bond acceptors (Lipinski definition) is 5. The Labute approximate surface area is 125 Å². The van der Waals surface area contributed by atoms with E-state index in [-0.39, 0.29) is 0 Å². The summed E-state index contributed by atoms with van der Waals surface area (Å²) in [5, 5.41) is 0. The molecule has 1 aliphatic rings. The van der Waals surface area contributed by atoms with Gasteiger partial charge in [0.1, 0.15) is 22.6 Å². The van der Waals surface area contributed by atoms with Crippen LogP contribution in [-0.4, -0.2) is 25.3 Å². The first-order chi connectivity index (χ1) is 9.82. The largest absolute Gasteiger partial charge is 0.494 e. The Kier molecular flexibility index (Phi) is 4.14. The summed E-state index contributed by atoms with van der Waals surface area (Å²) in [7, 11) is 1.34. The number of rotatable bonds is 4. The molecule has 1 atom stereocenters. The standard InChI is InChI=1S/C16H23NO4/c1-5-8-20-11-6-7-13-12(9-11)16(17,14(18)19-4)10-15(2,3)21-13/h6-7,9H,5,8,10,17H2,1-4H3. The first-order valence-electron chi connectivity index (χ1n) is 7.16. The summed E-state index contributed by atoms with van der Waals surface area (Å²) in [6.07, 6.45) is 1.25. The van der Waals surface area contributed by atoms with Gasteiger partial charge < -0.3 is 19.9 Å². The van der Waals surface area contributed by atoms with Crippen LogP contribution in [0.4, 0.5) is 0 Å². The minimum absolute atomic E-state index is 0.344. The lowest BCUT2D eigenvalue weighted by molar-refractivity contribution is -0.151. The van der Waals surface area contributed by atoms with E-state index in [2.05, 4.69) is 0 Å². The zero-order valence-electron chi connectivity index (χ0n) is 13.1. The van der Waals surface area contributed by atoms with Crippen LogP contribution in [0.1, 0.15) is 39.2 Å². The Bertz CT molecular complexity index is 541. The Morgan fingerprint density at radius 1 is 1.43 bits per heavy atom. The predicted octanol–water partition coefficient (Wildman–Crippen LogP) is 2.36. The molecule has 21 heavy (non-hydrogen) atoms. The first-order valence-corrected chi connectivity index (χ1v) is 7.16. The van der Waals surface area contributed by atoms with E-state index < -0.39 is 17.1 Å². The van der Waals surface area contributed by atoms with Gasteiger partial charge >= 0.3 is 5.97 Å². The molecule has 1 aliphatic heterocycles. The van der Waals surface area contributed by atoms with E-state index in [9.17, 15) is 4.79 Å². The molecule has 5 heteroatoms. The molecule has 116 valence electrons. The number of carbonyl (C=O) groups is 1. The molecule has 2 N–H and O–H groups in total. The number of nitrogens with two attached hydrogens (primary N) is 1. The fourth-order valence-corrected chi connectivity index (χ4v) is 2.72. The third kappa shape index (κ3) is 2.97. The molecule has 0 amide bonds. The molecule has 0 aliphatic carbocycles. The Balaban J connectivity index is 2.48. The van der Waals surface area contributed by atoms with Crippen LogP contribution in [0.25, 0.3) is 0 Å². The first kappa shape index (κ1) is 15.6. The van der Waals surface area contributed by atoms with E-state index >= 15 is 0 Å². The summed E-state index contributed by atoms with van der Waals surface area (Å²) in [6.45, 7) is 6.45. The van der Waals surface area contributed by atoms with Gasteiger partial charge in [0.2, 0.25) is 0 Å². The van der Waals surface area contributed by atoms with Gasteiger partial charge in [0.25, 0.3) is 0 Å². The molecule has 2 rings (SSSR count). The Hall–Kier alpha value is -1.75. The maximum absolute atomic E-state index is 12.2. The molecule has 1 unspecified atom stereocenters. The van der Waals surface area contributed by atoms with E-state index in [0.29, 0.717) is 30.1 Å². The van der Waals surface area contributed by atoms with Crippen molar-refractivity contribution in [3.05, 3.63) is 23.8 Å². The third-order valence-electron chi connectivity index (χ3n) is 3.54. The second-order valence-corrected chi connectivity index (χ2v) is 6.01. The van der Waals surface area contributed by atoms with Gasteiger partial charge in [0, 0.05) is 12.0 Å². The molecule has 1 heterocycles. The van der Waals surface area contributed by atoms with Gasteiger partial charge in [-0.15, -0.1) is 0 Å². The molecule has 0 spiro atoms. The second kappa shape index (κ2) is 5.56. The van der Waals surface area contributed by atoms with E-state index in [4.69, 9.17) is 19.9 Å². The molecular weight excluding hydrogens is 270 g/mol. The van der Waals surface area contributed by atoms with Gasteiger partial charge in [-0.1, -0.05) is 6.92 Å². The van der Waals surface area contributed by atoms with Crippen molar-refractivity contribution >= 4 is 5.97 Å². The summed E-state index contributed by atoms with van der Waals surface area (Å²) in [4.78, 5) is 12.2. The van der Waals surface area contributed by atoms with Crippen LogP contribution in [0.3, 0.4) is 0 Å². The molecule has 0 radical (unpaired) electrons. The smallest absolute Gasteiger partial charge is 0.330 e. The maximum Gasteiger partial charge on any atom is 0.330 e. The van der Waals surface area contributed by atoms with Gasteiger partial charge in [-0.25, -0.2) is 4.79 Å². The van der Waals surface area contributed by atoms with Crippen LogP contribution in [0.5, 0.6) is 11.5 Å². The molecule has 0 bridgehead atoms. The fraction of sp³-hybridized carbons (Fsp3) is 0.562. The quantitative estimate of drug-likeness (QED) is 0.863. The van der Waals surface area contributed by atoms with Gasteiger partial charge in [0.15, 0.2) is 0 Å². The average Bonchev–Trinajstić information content (AvgIpc) is 2.43. The minimum atomic E-state index is -1.22. The molecular formula is C16H23NO4. The number of hydrogen-bond donors (Lipinski definition) is 1. The van der Waals surface area contributed by atoms with Crippen LogP contribution >= 0.6 is 0 Å². The average molecular weight is 293 g/mol. The van der Waals surface area contributed by atoms with E-state index in [1.165, 1.54) is 7.11 Å². The molecule has 1 aromatic rings. The minimum Gasteiger partial charge on any atom is -0.494 e. The van der Waals surface area contributed by atoms with Crippen LogP contribution < -0.4 is 15.2 Å². The molecule has 1 aromatic carbocycles. The highest BCUT2D eigenvalue weighted by atomic mass is 16.5. The van der Waals surface area contributed by atoms with Crippen molar-refractivity contribution in [2.75, 3.05) is 13.7 Å². The molecule has 0 aromatic heterocycles. The van der Waals surface area contributed by atoms with Crippen molar-refractivity contribution in [1.82, 2.24) is 0 Å². The lowest BCUT2D eigenvalue weighted by Crippen LogP contribution is -2.54. The van der Waals surface area contributed by atoms with Crippen molar-refractivity contribution in [3.63, 3.8) is 0 Å². The number of benzene rings is 1. The van der Waals surface area contributed by atoms with Gasteiger partial charge in [-0.3, -0.25) is 0 Å². The Morgan fingerprint density at radius 2 is 2.14 bits per heavy atom. The lowest BCUT2D eigenvalue weighted by atomic mass is 9.78. The number of ether oxygens (including phenoxy) is 3. The third-order valence-corrected chi connectivity index (χ3v) is 3.54. The summed E-state index contributed by atoms with van der Waals surface area (Å²) >= 11 is 0. The summed E-state index contributed by atoms with van der Waals surface area (Å²) in [5.41, 5.74) is 5.24. The SMILES string of the molecule is CCCOc1ccc2c(c1)C(N)(C(=O)OC)CC(C)(C)O2. The fourth-order valence-electron chi connectivity index (χ4n) is 2.72. The monoisotopic (exact) mass is 293 g/mol. The number of esters is 1. The molecule has 0 saturated carbocycles.